The number of carbonyl (C=O) groups excluding carboxylic acids is 1. The second-order valence-electron chi connectivity index (χ2n) is 5.27. The fraction of sp³-hybridized carbons (Fsp3) is 0.500. The predicted octanol–water partition coefficient (Wildman–Crippen LogP) is 2.19. The average molecular weight is 292 g/mol. The summed E-state index contributed by atoms with van der Waals surface area (Å²) in [6, 6.07) is 7.66. The lowest BCUT2D eigenvalue weighted by Crippen LogP contribution is -2.52. The number of aliphatic carboxylic acids is 1. The summed E-state index contributed by atoms with van der Waals surface area (Å²) in [6.07, 6.45) is 0.409. The number of para-hydroxylation sites is 1. The minimum Gasteiger partial charge on any atom is -0.480 e. The normalized spacial score (nSPS) is 13.5. The molecule has 116 valence electrons. The van der Waals surface area contributed by atoms with E-state index < -0.39 is 11.5 Å². The molecule has 0 aliphatic heterocycles. The molecule has 5 nitrogen and oxygen atoms in total. The zero-order valence-corrected chi connectivity index (χ0v) is 13.1. The van der Waals surface area contributed by atoms with Crippen molar-refractivity contribution in [2.45, 2.75) is 39.7 Å². The summed E-state index contributed by atoms with van der Waals surface area (Å²) in [5.41, 5.74) is 0.797. The van der Waals surface area contributed by atoms with Crippen molar-refractivity contribution in [1.29, 1.82) is 0 Å². The number of hydrogen-bond donors (Lipinski definition) is 2. The van der Waals surface area contributed by atoms with Gasteiger partial charge in [0.1, 0.15) is 5.54 Å². The molecule has 1 aromatic rings. The summed E-state index contributed by atoms with van der Waals surface area (Å²) >= 11 is 0. The summed E-state index contributed by atoms with van der Waals surface area (Å²) in [5.74, 6) is -1.08. The summed E-state index contributed by atoms with van der Waals surface area (Å²) in [6.45, 7) is 7.77. The fourth-order valence-electron chi connectivity index (χ4n) is 2.07. The Morgan fingerprint density at radius 2 is 1.90 bits per heavy atom. The molecular weight excluding hydrogens is 268 g/mol. The van der Waals surface area contributed by atoms with Crippen LogP contribution < -0.4 is 10.2 Å². The topological polar surface area (TPSA) is 69.6 Å². The first-order valence-electron chi connectivity index (χ1n) is 7.20. The zero-order valence-electron chi connectivity index (χ0n) is 13.1. The number of hydrogen-bond acceptors (Lipinski definition) is 3. The highest BCUT2D eigenvalue weighted by Crippen LogP contribution is 2.19. The van der Waals surface area contributed by atoms with Crippen LogP contribution in [0.2, 0.25) is 0 Å². The predicted molar refractivity (Wildman–Crippen MR) is 83.5 cm³/mol. The van der Waals surface area contributed by atoms with Crippen LogP contribution >= 0.6 is 0 Å². The number of rotatable bonds is 7. The first-order valence-corrected chi connectivity index (χ1v) is 7.20. The van der Waals surface area contributed by atoms with Crippen LogP contribution in [0.5, 0.6) is 0 Å². The molecule has 0 bridgehead atoms. The molecule has 1 atom stereocenters. The van der Waals surface area contributed by atoms with E-state index in [0.717, 1.165) is 11.3 Å². The van der Waals surface area contributed by atoms with Crippen LogP contribution in [0.25, 0.3) is 0 Å². The lowest BCUT2D eigenvalue weighted by molar-refractivity contribution is -0.144. The molecule has 0 fully saturated rings. The second-order valence-corrected chi connectivity index (χ2v) is 5.27. The van der Waals surface area contributed by atoms with Crippen molar-refractivity contribution >= 4 is 17.6 Å². The van der Waals surface area contributed by atoms with Gasteiger partial charge in [-0.3, -0.25) is 14.9 Å². The monoisotopic (exact) mass is 292 g/mol. The fourth-order valence-corrected chi connectivity index (χ4v) is 2.07. The Balaban J connectivity index is 2.82. The van der Waals surface area contributed by atoms with Crippen LogP contribution in [0, 0.1) is 6.92 Å². The van der Waals surface area contributed by atoms with Gasteiger partial charge in [-0.2, -0.15) is 0 Å². The van der Waals surface area contributed by atoms with Gasteiger partial charge in [0.2, 0.25) is 5.91 Å². The maximum atomic E-state index is 12.4. The van der Waals surface area contributed by atoms with Crippen molar-refractivity contribution < 1.29 is 14.7 Å². The van der Waals surface area contributed by atoms with E-state index in [-0.39, 0.29) is 12.5 Å². The molecule has 0 aliphatic rings. The molecule has 5 heteroatoms. The number of carboxylic acids is 1. The molecule has 0 aromatic heterocycles. The molecule has 1 amide bonds. The number of carboxylic acid groups (broad SMARTS) is 1. The zero-order chi connectivity index (χ0) is 16.0. The van der Waals surface area contributed by atoms with Crippen molar-refractivity contribution in [3.8, 4) is 0 Å². The average Bonchev–Trinajstić information content (AvgIpc) is 2.47. The molecule has 0 saturated heterocycles. The third kappa shape index (κ3) is 4.04. The second kappa shape index (κ2) is 7.22. The minimum absolute atomic E-state index is 0.00118. The Labute approximate surface area is 126 Å². The molecule has 21 heavy (non-hydrogen) atoms. The van der Waals surface area contributed by atoms with Gasteiger partial charge in [-0.05, 0) is 38.8 Å². The number of nitrogens with zero attached hydrogens (tertiary/aromatic N) is 1. The van der Waals surface area contributed by atoms with E-state index >= 15 is 0 Å². The number of likely N-dealkylation sites (N-methyl/N-ethyl adjacent to an activating group) is 1. The van der Waals surface area contributed by atoms with Gasteiger partial charge >= 0.3 is 5.97 Å². The number of aryl methyl sites for hydroxylation is 1. The molecule has 1 aromatic carbocycles. The summed E-state index contributed by atoms with van der Waals surface area (Å²) in [4.78, 5) is 25.3. The van der Waals surface area contributed by atoms with E-state index in [1.165, 1.54) is 0 Å². The van der Waals surface area contributed by atoms with Crippen LogP contribution in [0.1, 0.15) is 32.8 Å². The molecule has 0 radical (unpaired) electrons. The number of benzene rings is 1. The molecule has 1 rings (SSSR count). The molecule has 1 unspecified atom stereocenters. The summed E-state index contributed by atoms with van der Waals surface area (Å²) < 4.78 is 0. The summed E-state index contributed by atoms with van der Waals surface area (Å²) in [5, 5.41) is 12.1. The van der Waals surface area contributed by atoms with E-state index in [1.807, 2.05) is 38.1 Å². The lowest BCUT2D eigenvalue weighted by atomic mass is 9.99. The smallest absolute Gasteiger partial charge is 0.323 e. The number of amides is 1. The Morgan fingerprint density at radius 3 is 2.38 bits per heavy atom. The third-order valence-electron chi connectivity index (χ3n) is 3.83. The maximum absolute atomic E-state index is 12.4. The molecule has 0 spiro atoms. The third-order valence-corrected chi connectivity index (χ3v) is 3.83. The number of anilines is 1. The molecule has 2 N–H and O–H groups in total. The van der Waals surface area contributed by atoms with E-state index in [1.54, 1.807) is 18.7 Å². The highest BCUT2D eigenvalue weighted by molar-refractivity contribution is 5.95. The van der Waals surface area contributed by atoms with Gasteiger partial charge in [-0.15, -0.1) is 0 Å². The van der Waals surface area contributed by atoms with Gasteiger partial charge in [-0.25, -0.2) is 0 Å². The first kappa shape index (κ1) is 17.2. The minimum atomic E-state index is -1.08. The SMILES string of the molecule is CCN(C(=O)CNC(C)(CC)C(=O)O)c1ccccc1C. The molecule has 0 aliphatic carbocycles. The van der Waals surface area contributed by atoms with Crippen LogP contribution in [-0.4, -0.2) is 35.6 Å². The molecular formula is C16H24N2O3. The Kier molecular flexibility index (Phi) is 5.90. The van der Waals surface area contributed by atoms with Crippen molar-refractivity contribution in [2.75, 3.05) is 18.0 Å². The molecule has 0 heterocycles. The van der Waals surface area contributed by atoms with Gasteiger partial charge in [0.15, 0.2) is 0 Å². The van der Waals surface area contributed by atoms with Gasteiger partial charge in [0, 0.05) is 12.2 Å². The highest BCUT2D eigenvalue weighted by atomic mass is 16.4. The van der Waals surface area contributed by atoms with Crippen molar-refractivity contribution in [2.24, 2.45) is 0 Å². The lowest BCUT2D eigenvalue weighted by Gasteiger charge is -2.28. The Bertz CT molecular complexity index is 516. The van der Waals surface area contributed by atoms with Crippen molar-refractivity contribution in [3.05, 3.63) is 29.8 Å². The van der Waals surface area contributed by atoms with Gasteiger partial charge in [-0.1, -0.05) is 25.1 Å². The van der Waals surface area contributed by atoms with Gasteiger partial charge in [0.25, 0.3) is 0 Å². The van der Waals surface area contributed by atoms with E-state index in [4.69, 9.17) is 0 Å². The molecule has 0 saturated carbocycles. The largest absolute Gasteiger partial charge is 0.480 e. The highest BCUT2D eigenvalue weighted by Gasteiger charge is 2.31. The number of nitrogens with one attached hydrogen (secondary N) is 1. The first-order chi connectivity index (χ1) is 9.85. The summed E-state index contributed by atoms with van der Waals surface area (Å²) in [7, 11) is 0. The maximum Gasteiger partial charge on any atom is 0.323 e. The Morgan fingerprint density at radius 1 is 1.29 bits per heavy atom. The van der Waals surface area contributed by atoms with Crippen molar-refractivity contribution in [1.82, 2.24) is 5.32 Å². The van der Waals surface area contributed by atoms with Crippen molar-refractivity contribution in [3.63, 3.8) is 0 Å². The van der Waals surface area contributed by atoms with E-state index in [0.29, 0.717) is 13.0 Å². The Hall–Kier alpha value is -1.88. The van der Waals surface area contributed by atoms with Crippen LogP contribution in [0.4, 0.5) is 5.69 Å². The van der Waals surface area contributed by atoms with E-state index in [2.05, 4.69) is 5.32 Å². The van der Waals surface area contributed by atoms with Crippen LogP contribution in [0.15, 0.2) is 24.3 Å². The van der Waals surface area contributed by atoms with E-state index in [9.17, 15) is 14.7 Å². The standard InChI is InChI=1S/C16H24N2O3/c1-5-16(4,15(20)21)17-11-14(19)18(6-2)13-10-8-7-9-12(13)3/h7-10,17H,5-6,11H2,1-4H3,(H,20,21). The van der Waals surface area contributed by atoms with Gasteiger partial charge in [0.05, 0.1) is 6.54 Å². The number of carbonyl (C=O) groups is 2. The van der Waals surface area contributed by atoms with Crippen LogP contribution in [0.3, 0.4) is 0 Å². The van der Waals surface area contributed by atoms with Crippen LogP contribution in [-0.2, 0) is 9.59 Å². The quantitative estimate of drug-likeness (QED) is 0.808. The van der Waals surface area contributed by atoms with Gasteiger partial charge < -0.3 is 10.0 Å².